The molecule has 0 aliphatic carbocycles. The Balaban J connectivity index is 2.89. The van der Waals surface area contributed by atoms with Crippen molar-refractivity contribution in [1.82, 2.24) is 4.98 Å². The van der Waals surface area contributed by atoms with Gasteiger partial charge in [0.25, 0.3) is 0 Å². The zero-order valence-corrected chi connectivity index (χ0v) is 8.89. The molecule has 0 aliphatic heterocycles. The number of hydrogen-bond acceptors (Lipinski definition) is 4. The van der Waals surface area contributed by atoms with Gasteiger partial charge < -0.3 is 10.8 Å². The number of fused-ring (bicyclic) bond motifs is 1. The van der Waals surface area contributed by atoms with Crippen LogP contribution in [0.25, 0.3) is 10.2 Å². The molecule has 1 aromatic heterocycles. The number of aromatic nitrogens is 1. The Morgan fingerprint density at radius 3 is 3.00 bits per heavy atom. The number of phenols is 1. The first kappa shape index (κ1) is 8.06. The van der Waals surface area contributed by atoms with E-state index in [2.05, 4.69) is 27.6 Å². The van der Waals surface area contributed by atoms with E-state index in [1.165, 1.54) is 11.3 Å². The van der Waals surface area contributed by atoms with Crippen LogP contribution in [0.5, 0.6) is 5.75 Å². The van der Waals surface area contributed by atoms with Crippen molar-refractivity contribution in [2.45, 2.75) is 0 Å². The first-order valence-electron chi connectivity index (χ1n) is 3.22. The third-order valence-electron chi connectivity index (χ3n) is 1.50. The maximum absolute atomic E-state index is 9.34. The van der Waals surface area contributed by atoms with E-state index >= 15 is 0 Å². The topological polar surface area (TPSA) is 59.1 Å². The SMILES string of the molecule is Nc1nc2c(I)c(O)ccc2s1. The number of benzene rings is 1. The summed E-state index contributed by atoms with van der Waals surface area (Å²) in [7, 11) is 0. The fourth-order valence-corrected chi connectivity index (χ4v) is 2.49. The zero-order chi connectivity index (χ0) is 8.72. The van der Waals surface area contributed by atoms with Gasteiger partial charge in [0, 0.05) is 0 Å². The lowest BCUT2D eigenvalue weighted by molar-refractivity contribution is 0.472. The molecule has 0 bridgehead atoms. The highest BCUT2D eigenvalue weighted by Gasteiger charge is 2.07. The normalized spacial score (nSPS) is 10.8. The number of anilines is 1. The third-order valence-corrected chi connectivity index (χ3v) is 3.41. The molecular weight excluding hydrogens is 287 g/mol. The number of rotatable bonds is 0. The fourth-order valence-electron chi connectivity index (χ4n) is 0.968. The Kier molecular flexibility index (Phi) is 1.84. The van der Waals surface area contributed by atoms with Gasteiger partial charge in [0.05, 0.1) is 8.27 Å². The van der Waals surface area contributed by atoms with Crippen LogP contribution in [0.15, 0.2) is 12.1 Å². The van der Waals surface area contributed by atoms with Crippen molar-refractivity contribution >= 4 is 49.3 Å². The largest absolute Gasteiger partial charge is 0.507 e. The second-order valence-electron chi connectivity index (χ2n) is 2.30. The maximum atomic E-state index is 9.34. The van der Waals surface area contributed by atoms with Crippen molar-refractivity contribution in [3.05, 3.63) is 15.7 Å². The van der Waals surface area contributed by atoms with E-state index in [9.17, 15) is 5.11 Å². The number of aromatic hydroxyl groups is 1. The summed E-state index contributed by atoms with van der Waals surface area (Å²) in [5.74, 6) is 0.258. The summed E-state index contributed by atoms with van der Waals surface area (Å²) >= 11 is 3.48. The van der Waals surface area contributed by atoms with Crippen molar-refractivity contribution < 1.29 is 5.11 Å². The number of nitrogens with zero attached hydrogens (tertiary/aromatic N) is 1. The zero-order valence-electron chi connectivity index (χ0n) is 5.91. The van der Waals surface area contributed by atoms with Crippen molar-refractivity contribution in [1.29, 1.82) is 0 Å². The van der Waals surface area contributed by atoms with Gasteiger partial charge in [-0.1, -0.05) is 11.3 Å². The van der Waals surface area contributed by atoms with Crippen LogP contribution in [0.1, 0.15) is 0 Å². The van der Waals surface area contributed by atoms with Crippen molar-refractivity contribution in [2.75, 3.05) is 5.73 Å². The van der Waals surface area contributed by atoms with Crippen LogP contribution < -0.4 is 5.73 Å². The Morgan fingerprint density at radius 1 is 1.50 bits per heavy atom. The summed E-state index contributed by atoms with van der Waals surface area (Å²) in [4.78, 5) is 4.10. The first-order chi connectivity index (χ1) is 5.68. The molecule has 0 fully saturated rings. The minimum absolute atomic E-state index is 0.258. The number of halogens is 1. The molecule has 0 saturated heterocycles. The Morgan fingerprint density at radius 2 is 2.25 bits per heavy atom. The summed E-state index contributed by atoms with van der Waals surface area (Å²) in [5.41, 5.74) is 6.32. The number of phenolic OH excluding ortho intramolecular Hbond substituents is 1. The van der Waals surface area contributed by atoms with Gasteiger partial charge in [0.15, 0.2) is 5.13 Å². The van der Waals surface area contributed by atoms with E-state index in [1.807, 2.05) is 6.07 Å². The molecule has 5 heteroatoms. The second-order valence-corrected chi connectivity index (χ2v) is 4.44. The Hall–Kier alpha value is -0.560. The van der Waals surface area contributed by atoms with Gasteiger partial charge in [-0.25, -0.2) is 4.98 Å². The summed E-state index contributed by atoms with van der Waals surface area (Å²) in [6, 6.07) is 3.47. The monoisotopic (exact) mass is 292 g/mol. The lowest BCUT2D eigenvalue weighted by Crippen LogP contribution is -1.81. The molecule has 0 unspecified atom stereocenters. The van der Waals surface area contributed by atoms with E-state index in [4.69, 9.17) is 5.73 Å². The minimum Gasteiger partial charge on any atom is -0.507 e. The molecule has 12 heavy (non-hydrogen) atoms. The van der Waals surface area contributed by atoms with Gasteiger partial charge in [-0.2, -0.15) is 0 Å². The van der Waals surface area contributed by atoms with E-state index in [-0.39, 0.29) is 5.75 Å². The van der Waals surface area contributed by atoms with Crippen LogP contribution in [0.4, 0.5) is 5.13 Å². The van der Waals surface area contributed by atoms with E-state index in [0.717, 1.165) is 13.8 Å². The van der Waals surface area contributed by atoms with Crippen molar-refractivity contribution in [3.8, 4) is 5.75 Å². The Labute approximate surface area is 86.4 Å². The molecular formula is C7H5IN2OS. The standard InChI is InChI=1S/C7H5IN2OS/c8-5-3(11)1-2-4-6(5)10-7(9)12-4/h1-2,11H,(H2,9,10). The van der Waals surface area contributed by atoms with Gasteiger partial charge in [0.1, 0.15) is 11.3 Å². The summed E-state index contributed by atoms with van der Waals surface area (Å²) in [6.45, 7) is 0. The molecule has 1 heterocycles. The highest BCUT2D eigenvalue weighted by Crippen LogP contribution is 2.32. The summed E-state index contributed by atoms with van der Waals surface area (Å²) in [6.07, 6.45) is 0. The number of nitrogen functional groups attached to an aromatic ring is 1. The lowest BCUT2D eigenvalue weighted by atomic mass is 10.3. The molecule has 0 aliphatic rings. The first-order valence-corrected chi connectivity index (χ1v) is 5.11. The molecule has 2 rings (SSSR count). The van der Waals surface area contributed by atoms with Crippen LogP contribution in [0.3, 0.4) is 0 Å². The van der Waals surface area contributed by atoms with Crippen LogP contribution >= 0.6 is 33.9 Å². The van der Waals surface area contributed by atoms with Crippen molar-refractivity contribution in [3.63, 3.8) is 0 Å². The third kappa shape index (κ3) is 1.13. The smallest absolute Gasteiger partial charge is 0.181 e. The van der Waals surface area contributed by atoms with Gasteiger partial charge in [-0.15, -0.1) is 0 Å². The highest BCUT2D eigenvalue weighted by molar-refractivity contribution is 14.1. The number of hydrogen-bond donors (Lipinski definition) is 2. The number of nitrogens with two attached hydrogens (primary N) is 1. The predicted molar refractivity (Wildman–Crippen MR) is 58.4 cm³/mol. The van der Waals surface area contributed by atoms with Gasteiger partial charge in [-0.3, -0.25) is 0 Å². The van der Waals surface area contributed by atoms with Crippen LogP contribution in [0.2, 0.25) is 0 Å². The quantitative estimate of drug-likeness (QED) is 0.732. The van der Waals surface area contributed by atoms with Crippen LogP contribution in [0, 0.1) is 3.57 Å². The minimum atomic E-state index is 0.258. The maximum Gasteiger partial charge on any atom is 0.181 e. The van der Waals surface area contributed by atoms with E-state index < -0.39 is 0 Å². The van der Waals surface area contributed by atoms with Crippen LogP contribution in [-0.2, 0) is 0 Å². The molecule has 0 saturated carbocycles. The molecule has 0 amide bonds. The second kappa shape index (κ2) is 2.74. The molecule has 0 spiro atoms. The van der Waals surface area contributed by atoms with Gasteiger partial charge in [0.2, 0.25) is 0 Å². The molecule has 2 aromatic rings. The molecule has 0 atom stereocenters. The summed E-state index contributed by atoms with van der Waals surface area (Å²) in [5, 5.41) is 9.88. The molecule has 62 valence electrons. The van der Waals surface area contributed by atoms with E-state index in [0.29, 0.717) is 5.13 Å². The highest BCUT2D eigenvalue weighted by atomic mass is 127. The van der Waals surface area contributed by atoms with Gasteiger partial charge >= 0.3 is 0 Å². The van der Waals surface area contributed by atoms with Gasteiger partial charge in [-0.05, 0) is 34.7 Å². The predicted octanol–water partition coefficient (Wildman–Crippen LogP) is 2.19. The molecule has 3 nitrogen and oxygen atoms in total. The van der Waals surface area contributed by atoms with E-state index in [1.54, 1.807) is 6.07 Å². The summed E-state index contributed by atoms with van der Waals surface area (Å²) < 4.78 is 1.77. The fraction of sp³-hybridized carbons (Fsp3) is 0. The number of thiazole rings is 1. The average Bonchev–Trinajstić information content (AvgIpc) is 2.39. The average molecular weight is 292 g/mol. The lowest BCUT2D eigenvalue weighted by Gasteiger charge is -1.94. The van der Waals surface area contributed by atoms with Crippen LogP contribution in [-0.4, -0.2) is 10.1 Å². The molecule has 1 aromatic carbocycles. The molecule has 0 radical (unpaired) electrons. The van der Waals surface area contributed by atoms with Crippen molar-refractivity contribution in [2.24, 2.45) is 0 Å². The Bertz CT molecular complexity index is 440. The molecule has 3 N–H and O–H groups in total.